The zero-order valence-electron chi connectivity index (χ0n) is 85.6. The lowest BCUT2D eigenvalue weighted by Crippen LogP contribution is -2.56. The van der Waals surface area contributed by atoms with E-state index in [0.717, 1.165) is 234 Å². The summed E-state index contributed by atoms with van der Waals surface area (Å²) in [6, 6.07) is 32.0. The van der Waals surface area contributed by atoms with Crippen LogP contribution >= 0.6 is 77.2 Å². The van der Waals surface area contributed by atoms with E-state index in [2.05, 4.69) is 138 Å². The molecule has 7 aliphatic heterocycles. The van der Waals surface area contributed by atoms with E-state index in [1.807, 2.05) is 142 Å². The van der Waals surface area contributed by atoms with E-state index in [1.165, 1.54) is 6.42 Å². The number of halogens is 2. The summed E-state index contributed by atoms with van der Waals surface area (Å²) in [4.78, 5) is 149. The molecule has 35 nitrogen and oxygen atoms in total. The fourth-order valence-corrected chi connectivity index (χ4v) is 26.5. The molecular weight excluding hydrogens is 2100 g/mol. The Morgan fingerprint density at radius 1 is 0.369 bits per heavy atom. The van der Waals surface area contributed by atoms with Crippen molar-refractivity contribution in [3.8, 4) is 45.2 Å². The van der Waals surface area contributed by atoms with Gasteiger partial charge < -0.3 is 76.3 Å². The largest absolute Gasteiger partial charge is 0.381 e. The standard InChI is InChI=1S/C28H34BrN5O2S.C27H32BrN5O3S.C27H32N8O3S.C26H34N6O3S/c1-17(30-2)26(35)33-25(18-9-4-3-5-10-18)28(36)34-14-8-13-23(34)27-32-22(16-37-27)20-15-24(29)31-21-12-7-6-11-19(20)21;1-16(29-2)25(34)32-24(17-9-12-36-13-10-17)27(35)33-11-5-8-22(33)26-31-21(15-37-26)19-14-23(28)30-20-7-4-3-6-18(19)20;1-16(28-2)25(36)30-24(17-9-12-38-13-10-17)27(37)34-11-5-8-22(34)26-29-20(15-39-26)19-14-23-31-32-33-35(23)21-7-4-3-6-18(19)21;1-16-23(32-11-5-4-8-21(32)28-16)19-15-36-25(29-19)20-7-6-12-31(20)26(34)22(18-9-13-35-14-10-18)30-24(33)17(2)27-3/h6-7,11-12,15-18,23,25,30H,3-5,8-10,13-14H2,1-2H3,(H,33,35);3-4,6-7,14-17,22,24,29H,5,8-13H2,1-2H3,(H,32,34);3-4,6-7,14-17,22,24,28H,5,8-13H2,1-2H3,(H,30,36);4-5,8,11,15,17-18,20,22,27H,6-7,9-10,12-14H2,1-3H3,(H,30,33)/t17-,23-,25-;2*16-,22-,24-;17-,20-,22-/m0000/s1. The minimum absolute atomic E-state index is 0.0104. The number of fused-ring (bicyclic) bond motifs is 6. The Labute approximate surface area is 899 Å². The Bertz CT molecular complexity index is 6700. The number of likely N-dealkylation sites (tertiary alicyclic amines) is 4. The number of hydrogen-bond acceptors (Lipinski definition) is 29. The third-order valence-corrected chi connectivity index (χ3v) is 35.2. The van der Waals surface area contributed by atoms with Gasteiger partial charge in [-0.2, -0.15) is 4.52 Å². The second-order valence-electron chi connectivity index (χ2n) is 39.8. The number of benzene rings is 3. The summed E-state index contributed by atoms with van der Waals surface area (Å²) in [7, 11) is 7.00. The highest BCUT2D eigenvalue weighted by Crippen LogP contribution is 2.46. The minimum atomic E-state index is -0.580. The van der Waals surface area contributed by atoms with E-state index < -0.39 is 24.2 Å². The van der Waals surface area contributed by atoms with Gasteiger partial charge in [-0.15, -0.1) is 50.4 Å². The summed E-state index contributed by atoms with van der Waals surface area (Å²) in [6.07, 6.45) is 19.0. The average molecular weight is 2230 g/mol. The zero-order chi connectivity index (χ0) is 104. The molecule has 0 radical (unpaired) electrons. The molecule has 41 heteroatoms. The predicted octanol–water partition coefficient (Wildman–Crippen LogP) is 15.3. The predicted molar refractivity (Wildman–Crippen MR) is 585 cm³/mol. The smallest absolute Gasteiger partial charge is 0.246 e. The normalized spacial score (nSPS) is 20.2. The van der Waals surface area contributed by atoms with Crippen molar-refractivity contribution in [2.45, 2.75) is 229 Å². The Kier molecular flexibility index (Phi) is 36.2. The molecule has 8 N–H and O–H groups in total. The molecule has 0 spiro atoms. The van der Waals surface area contributed by atoms with Gasteiger partial charge in [-0.1, -0.05) is 79.9 Å². The summed E-state index contributed by atoms with van der Waals surface area (Å²) < 4.78 is 21.9. The van der Waals surface area contributed by atoms with E-state index in [9.17, 15) is 38.4 Å². The quantitative estimate of drug-likeness (QED) is 0.0211. The molecule has 149 heavy (non-hydrogen) atoms. The number of amides is 8. The number of carbonyl (C=O) groups excluding carboxylic acids is 8. The van der Waals surface area contributed by atoms with Gasteiger partial charge in [0.15, 0.2) is 5.65 Å². The zero-order valence-corrected chi connectivity index (χ0v) is 92.0. The molecule has 0 unspecified atom stereocenters. The van der Waals surface area contributed by atoms with Crippen LogP contribution in [0.15, 0.2) is 146 Å². The highest BCUT2D eigenvalue weighted by atomic mass is 79.9. The number of nitrogens with zero attached hydrogens (tertiary/aromatic N) is 16. The van der Waals surface area contributed by atoms with Crippen LogP contribution in [0.25, 0.3) is 89.2 Å². The molecule has 13 aromatic rings. The molecule has 8 aliphatic rings. The maximum atomic E-state index is 14.0. The van der Waals surface area contributed by atoms with Crippen molar-refractivity contribution in [2.75, 3.05) is 94.0 Å². The molecule has 3 aromatic carbocycles. The summed E-state index contributed by atoms with van der Waals surface area (Å²) >= 11 is 13.4. The van der Waals surface area contributed by atoms with Gasteiger partial charge in [-0.05, 0) is 280 Å². The van der Waals surface area contributed by atoms with Crippen LogP contribution in [0.5, 0.6) is 0 Å². The molecule has 1 saturated carbocycles. The lowest BCUT2D eigenvalue weighted by Gasteiger charge is -2.35. The number of nitrogens with one attached hydrogen (secondary N) is 8. The fraction of sp³-hybridized carbons (Fsp3) is 0.500. The maximum Gasteiger partial charge on any atom is 0.246 e. The molecule has 8 amide bonds. The van der Waals surface area contributed by atoms with E-state index in [-0.39, 0.29) is 119 Å². The number of aryl methyl sites for hydroxylation is 1. The van der Waals surface area contributed by atoms with Crippen LogP contribution in [-0.2, 0) is 52.6 Å². The van der Waals surface area contributed by atoms with Gasteiger partial charge in [0.2, 0.25) is 47.3 Å². The van der Waals surface area contributed by atoms with Crippen molar-refractivity contribution in [2.24, 2.45) is 23.7 Å². The number of hydrogen-bond donors (Lipinski definition) is 8. The number of aromatic nitrogens is 12. The fourth-order valence-electron chi connectivity index (χ4n) is 21.8. The molecule has 10 aromatic heterocycles. The SMILES string of the molecule is CN[C@@H](C)C(=O)N[C@H](C(=O)N1CCC[C@H]1c1nc(-c2c(C)nc3ccccn23)cs1)C1CCOCC1.CN[C@@H](C)C(=O)N[C@H](C(=O)N1CCC[C@H]1c1nc(-c2cc(Br)nc3ccccc23)cs1)C1CCCCC1.CN[C@@H](C)C(=O)N[C@H](C(=O)N1CCC[C@H]1c1nc(-c2cc(Br)nc3ccccc23)cs1)C1CCOCC1.CN[C@@H](C)C(=O)N[C@H](C(=O)N1CCC[C@H]1c1nc(-c2cc3nnnn3c3ccccc23)cs1)C1CCOCC1. The first-order valence-electron chi connectivity index (χ1n) is 52.3. The van der Waals surface area contributed by atoms with Crippen molar-refractivity contribution >= 4 is 168 Å². The van der Waals surface area contributed by atoms with Crippen LogP contribution < -0.4 is 42.5 Å². The number of thiazole rings is 4. The molecule has 17 heterocycles. The average Bonchev–Trinajstić information content (AvgIpc) is 1.62. The van der Waals surface area contributed by atoms with Gasteiger partial charge in [0.1, 0.15) is 64.7 Å². The molecule has 0 bridgehead atoms. The van der Waals surface area contributed by atoms with Crippen LogP contribution in [-0.4, -0.2) is 269 Å². The number of para-hydroxylation sites is 3. The van der Waals surface area contributed by atoms with Gasteiger partial charge in [0.25, 0.3) is 0 Å². The van der Waals surface area contributed by atoms with E-state index in [0.29, 0.717) is 71.5 Å². The first-order valence-corrected chi connectivity index (χ1v) is 57.4. The third kappa shape index (κ3) is 24.5. The molecule has 8 fully saturated rings. The van der Waals surface area contributed by atoms with Gasteiger partial charge in [-0.25, -0.2) is 34.9 Å². The lowest BCUT2D eigenvalue weighted by atomic mass is 9.83. The van der Waals surface area contributed by atoms with Gasteiger partial charge in [0, 0.05) is 126 Å². The van der Waals surface area contributed by atoms with Crippen LogP contribution in [0.4, 0.5) is 0 Å². The molecular formula is C108H132Br2N24O11S4. The number of tetrazole rings is 1. The van der Waals surface area contributed by atoms with Crippen LogP contribution in [0.2, 0.25) is 0 Å². The summed E-state index contributed by atoms with van der Waals surface area (Å²) in [5, 5.41) is 51.4. The van der Waals surface area contributed by atoms with Gasteiger partial charge in [-0.3, -0.25) is 42.8 Å². The van der Waals surface area contributed by atoms with Crippen molar-refractivity contribution < 1.29 is 52.6 Å². The van der Waals surface area contributed by atoms with Gasteiger partial charge >= 0.3 is 0 Å². The Morgan fingerprint density at radius 3 is 1.09 bits per heavy atom. The minimum Gasteiger partial charge on any atom is -0.381 e. The highest BCUT2D eigenvalue weighted by molar-refractivity contribution is 9.10. The van der Waals surface area contributed by atoms with E-state index >= 15 is 0 Å². The number of carbonyl (C=O) groups is 8. The van der Waals surface area contributed by atoms with E-state index in [1.54, 1.807) is 98.8 Å². The number of likely N-dealkylation sites (N-methyl/N-ethyl adjacent to an activating group) is 4. The summed E-state index contributed by atoms with van der Waals surface area (Å²) in [5.74, 6) is -0.259. The Hall–Kier alpha value is -11.1. The molecule has 7 saturated heterocycles. The Balaban J connectivity index is 0.000000130. The Morgan fingerprint density at radius 2 is 0.705 bits per heavy atom. The number of imidazole rings is 1. The van der Waals surface area contributed by atoms with Crippen molar-refractivity contribution in [1.82, 2.24) is 121 Å². The second kappa shape index (κ2) is 50.0. The number of rotatable bonds is 28. The number of pyridine rings is 4. The molecule has 1 aliphatic carbocycles. The monoisotopic (exact) mass is 2230 g/mol. The van der Waals surface area contributed by atoms with Crippen molar-refractivity contribution in [3.05, 3.63) is 172 Å². The van der Waals surface area contributed by atoms with Crippen LogP contribution in [0.3, 0.4) is 0 Å². The molecule has 21 rings (SSSR count). The first kappa shape index (κ1) is 108. The summed E-state index contributed by atoms with van der Waals surface area (Å²) in [6.45, 7) is 15.6. The van der Waals surface area contributed by atoms with Crippen LogP contribution in [0, 0.1) is 30.6 Å². The highest BCUT2D eigenvalue weighted by Gasteiger charge is 2.47. The lowest BCUT2D eigenvalue weighted by molar-refractivity contribution is -0.140. The van der Waals surface area contributed by atoms with Gasteiger partial charge in [0.05, 0.1) is 93.4 Å². The second-order valence-corrected chi connectivity index (χ2v) is 45.0. The molecule has 788 valence electrons. The van der Waals surface area contributed by atoms with Crippen molar-refractivity contribution in [1.29, 1.82) is 0 Å². The summed E-state index contributed by atoms with van der Waals surface area (Å²) in [5.41, 5.74) is 12.7. The van der Waals surface area contributed by atoms with Crippen LogP contribution in [0.1, 0.15) is 200 Å². The molecule has 12 atom stereocenters. The van der Waals surface area contributed by atoms with E-state index in [4.69, 9.17) is 34.1 Å². The third-order valence-electron chi connectivity index (χ3n) is 30.6. The maximum absolute atomic E-state index is 14.0. The first-order chi connectivity index (χ1) is 72.4. The number of ether oxygens (including phenoxy) is 3. The van der Waals surface area contributed by atoms with Crippen molar-refractivity contribution in [3.63, 3.8) is 0 Å². The topological polar surface area (TPSA) is 411 Å².